The zero-order valence-electron chi connectivity index (χ0n) is 14.0. The van der Waals surface area contributed by atoms with Gasteiger partial charge >= 0.3 is 0 Å². The van der Waals surface area contributed by atoms with Crippen LogP contribution in [0.5, 0.6) is 0 Å². The number of hydrogen-bond acceptors (Lipinski definition) is 4. The third-order valence-corrected chi connectivity index (χ3v) is 4.65. The molecule has 3 aromatic rings. The maximum absolute atomic E-state index is 12.6. The van der Waals surface area contributed by atoms with Crippen molar-refractivity contribution in [3.8, 4) is 0 Å². The lowest BCUT2D eigenvalue weighted by atomic mass is 10.1. The summed E-state index contributed by atoms with van der Waals surface area (Å²) in [7, 11) is 0. The van der Waals surface area contributed by atoms with E-state index < -0.39 is 0 Å². The van der Waals surface area contributed by atoms with E-state index in [9.17, 15) is 4.79 Å². The summed E-state index contributed by atoms with van der Waals surface area (Å²) in [5.41, 5.74) is 9.08. The molecule has 0 saturated carbocycles. The number of nitrogens with two attached hydrogens (primary N) is 1. The predicted molar refractivity (Wildman–Crippen MR) is 97.2 cm³/mol. The van der Waals surface area contributed by atoms with Crippen LogP contribution in [-0.4, -0.2) is 51.3 Å². The standard InChI is InChI=1S/C19H21N5O/c20-17-6-2-1-5-16(17)19(25)23-11-9-22(10-12-23)13-15-14-24-8-4-3-7-18(24)21-15/h1-8,14H,9-13,20H2. The summed E-state index contributed by atoms with van der Waals surface area (Å²) in [5, 5.41) is 0. The van der Waals surface area contributed by atoms with Gasteiger partial charge in [-0.2, -0.15) is 0 Å². The number of pyridine rings is 1. The van der Waals surface area contributed by atoms with E-state index in [4.69, 9.17) is 5.73 Å². The molecule has 0 unspecified atom stereocenters. The minimum Gasteiger partial charge on any atom is -0.398 e. The van der Waals surface area contributed by atoms with E-state index in [2.05, 4.69) is 16.1 Å². The van der Waals surface area contributed by atoms with E-state index in [0.29, 0.717) is 24.3 Å². The molecule has 1 saturated heterocycles. The van der Waals surface area contributed by atoms with Crippen molar-refractivity contribution >= 4 is 17.2 Å². The molecule has 0 radical (unpaired) electrons. The summed E-state index contributed by atoms with van der Waals surface area (Å²) >= 11 is 0. The molecule has 1 aromatic carbocycles. The van der Waals surface area contributed by atoms with Crippen molar-refractivity contribution in [2.75, 3.05) is 31.9 Å². The number of imidazole rings is 1. The minimum absolute atomic E-state index is 0.0190. The highest BCUT2D eigenvalue weighted by molar-refractivity contribution is 5.99. The fourth-order valence-corrected chi connectivity index (χ4v) is 3.26. The lowest BCUT2D eigenvalue weighted by Gasteiger charge is -2.34. The van der Waals surface area contributed by atoms with Gasteiger partial charge in [0, 0.05) is 50.8 Å². The molecular formula is C19H21N5O. The van der Waals surface area contributed by atoms with Crippen molar-refractivity contribution in [2.24, 2.45) is 0 Å². The van der Waals surface area contributed by atoms with Gasteiger partial charge in [-0.15, -0.1) is 0 Å². The van der Waals surface area contributed by atoms with Gasteiger partial charge in [0.15, 0.2) is 0 Å². The van der Waals surface area contributed by atoms with Crippen molar-refractivity contribution in [1.29, 1.82) is 0 Å². The molecule has 2 N–H and O–H groups in total. The number of hydrogen-bond donors (Lipinski definition) is 1. The van der Waals surface area contributed by atoms with Crippen molar-refractivity contribution < 1.29 is 4.79 Å². The van der Waals surface area contributed by atoms with Crippen LogP contribution in [0, 0.1) is 0 Å². The summed E-state index contributed by atoms with van der Waals surface area (Å²) in [4.78, 5) is 21.5. The second-order valence-electron chi connectivity index (χ2n) is 6.35. The maximum Gasteiger partial charge on any atom is 0.256 e. The van der Waals surface area contributed by atoms with Gasteiger partial charge in [-0.05, 0) is 24.3 Å². The molecular weight excluding hydrogens is 314 g/mol. The van der Waals surface area contributed by atoms with Gasteiger partial charge < -0.3 is 15.0 Å². The molecule has 128 valence electrons. The van der Waals surface area contributed by atoms with Crippen molar-refractivity contribution in [1.82, 2.24) is 19.2 Å². The fraction of sp³-hybridized carbons (Fsp3) is 0.263. The minimum atomic E-state index is 0.0190. The van der Waals surface area contributed by atoms with Crippen LogP contribution in [0.3, 0.4) is 0 Å². The number of benzene rings is 1. The van der Waals surface area contributed by atoms with Gasteiger partial charge in [0.25, 0.3) is 5.91 Å². The van der Waals surface area contributed by atoms with Crippen LogP contribution in [0.25, 0.3) is 5.65 Å². The molecule has 6 heteroatoms. The molecule has 3 heterocycles. The summed E-state index contributed by atoms with van der Waals surface area (Å²) < 4.78 is 2.04. The Labute approximate surface area is 146 Å². The van der Waals surface area contributed by atoms with Crippen LogP contribution < -0.4 is 5.73 Å². The summed E-state index contributed by atoms with van der Waals surface area (Å²) in [6.07, 6.45) is 4.07. The van der Waals surface area contributed by atoms with E-state index in [-0.39, 0.29) is 5.91 Å². The molecule has 0 bridgehead atoms. The number of piperazine rings is 1. The van der Waals surface area contributed by atoms with Crippen molar-refractivity contribution in [3.05, 3.63) is 66.1 Å². The van der Waals surface area contributed by atoms with Crippen LogP contribution in [0.1, 0.15) is 16.1 Å². The van der Waals surface area contributed by atoms with Crippen LogP contribution in [0.2, 0.25) is 0 Å². The molecule has 25 heavy (non-hydrogen) atoms. The van der Waals surface area contributed by atoms with Gasteiger partial charge in [0.2, 0.25) is 0 Å². The number of fused-ring (bicyclic) bond motifs is 1. The van der Waals surface area contributed by atoms with Crippen molar-refractivity contribution in [2.45, 2.75) is 6.54 Å². The number of aromatic nitrogens is 2. The average molecular weight is 335 g/mol. The predicted octanol–water partition coefficient (Wildman–Crippen LogP) is 1.87. The third-order valence-electron chi connectivity index (χ3n) is 4.65. The summed E-state index contributed by atoms with van der Waals surface area (Å²) in [6, 6.07) is 13.3. The molecule has 2 aromatic heterocycles. The Kier molecular flexibility index (Phi) is 4.11. The average Bonchev–Trinajstić information content (AvgIpc) is 3.04. The zero-order valence-corrected chi connectivity index (χ0v) is 14.0. The SMILES string of the molecule is Nc1ccccc1C(=O)N1CCN(Cc2cn3ccccc3n2)CC1. The quantitative estimate of drug-likeness (QED) is 0.742. The van der Waals surface area contributed by atoms with Gasteiger partial charge in [0.05, 0.1) is 11.3 Å². The molecule has 0 atom stereocenters. The molecule has 1 amide bonds. The number of nitrogen functional groups attached to an aromatic ring is 1. The lowest BCUT2D eigenvalue weighted by molar-refractivity contribution is 0.0628. The van der Waals surface area contributed by atoms with E-state index >= 15 is 0 Å². The number of anilines is 1. The Morgan fingerprint density at radius 1 is 1.04 bits per heavy atom. The summed E-state index contributed by atoms with van der Waals surface area (Å²) in [6.45, 7) is 3.90. The van der Waals surface area contributed by atoms with Crippen LogP contribution in [0.15, 0.2) is 54.9 Å². The Balaban J connectivity index is 1.38. The number of carbonyl (C=O) groups is 1. The largest absolute Gasteiger partial charge is 0.398 e. The van der Waals surface area contributed by atoms with Gasteiger partial charge in [0.1, 0.15) is 5.65 Å². The van der Waals surface area contributed by atoms with Gasteiger partial charge in [-0.25, -0.2) is 4.98 Å². The monoisotopic (exact) mass is 335 g/mol. The number of para-hydroxylation sites is 1. The smallest absolute Gasteiger partial charge is 0.256 e. The lowest BCUT2D eigenvalue weighted by Crippen LogP contribution is -2.48. The normalized spacial score (nSPS) is 15.6. The Morgan fingerprint density at radius 2 is 1.80 bits per heavy atom. The van der Waals surface area contributed by atoms with E-state index in [0.717, 1.165) is 31.0 Å². The number of nitrogens with zero attached hydrogens (tertiary/aromatic N) is 4. The second-order valence-corrected chi connectivity index (χ2v) is 6.35. The highest BCUT2D eigenvalue weighted by Crippen LogP contribution is 2.16. The van der Waals surface area contributed by atoms with Crippen molar-refractivity contribution in [3.63, 3.8) is 0 Å². The third kappa shape index (κ3) is 3.21. The first kappa shape index (κ1) is 15.7. The Bertz CT molecular complexity index is 862. The molecule has 4 rings (SSSR count). The van der Waals surface area contributed by atoms with E-state index in [1.54, 1.807) is 12.1 Å². The fourth-order valence-electron chi connectivity index (χ4n) is 3.26. The second kappa shape index (κ2) is 6.57. The number of amides is 1. The molecule has 0 spiro atoms. The molecule has 1 aliphatic heterocycles. The molecule has 1 fully saturated rings. The zero-order chi connectivity index (χ0) is 17.2. The number of carbonyl (C=O) groups excluding carboxylic acids is 1. The van der Waals surface area contributed by atoms with Crippen LogP contribution >= 0.6 is 0 Å². The Hall–Kier alpha value is -2.86. The molecule has 1 aliphatic rings. The Morgan fingerprint density at radius 3 is 2.56 bits per heavy atom. The van der Waals surface area contributed by atoms with E-state index in [1.807, 2.05) is 45.8 Å². The summed E-state index contributed by atoms with van der Waals surface area (Å²) in [5.74, 6) is 0.0190. The highest BCUT2D eigenvalue weighted by Gasteiger charge is 2.23. The first-order valence-electron chi connectivity index (χ1n) is 8.49. The van der Waals surface area contributed by atoms with Crippen LogP contribution in [0.4, 0.5) is 5.69 Å². The first-order valence-corrected chi connectivity index (χ1v) is 8.49. The first-order chi connectivity index (χ1) is 12.2. The van der Waals surface area contributed by atoms with E-state index in [1.165, 1.54) is 0 Å². The maximum atomic E-state index is 12.6. The highest BCUT2D eigenvalue weighted by atomic mass is 16.2. The molecule has 6 nitrogen and oxygen atoms in total. The van der Waals surface area contributed by atoms with Gasteiger partial charge in [-0.1, -0.05) is 18.2 Å². The topological polar surface area (TPSA) is 66.9 Å². The number of rotatable bonds is 3. The van der Waals surface area contributed by atoms with Gasteiger partial charge in [-0.3, -0.25) is 9.69 Å². The van der Waals surface area contributed by atoms with Crippen LogP contribution in [-0.2, 0) is 6.54 Å². The molecule has 0 aliphatic carbocycles.